The number of halogens is 4. The largest absolute Gasteiger partial charge is 0.452 e. The minimum Gasteiger partial charge on any atom is -0.452 e. The van der Waals surface area contributed by atoms with Crippen LogP contribution in [0.5, 0.6) is 5.75 Å². The molecule has 2 aromatic rings. The monoisotopic (exact) mass is 385 g/mol. The maximum Gasteiger partial charge on any atom is 0.304 e. The quantitative estimate of drug-likeness (QED) is 0.562. The summed E-state index contributed by atoms with van der Waals surface area (Å²) in [5.41, 5.74) is -0.315. The van der Waals surface area contributed by atoms with Gasteiger partial charge in [-0.25, -0.2) is 23.7 Å². The Labute approximate surface area is 151 Å². The highest BCUT2D eigenvalue weighted by molar-refractivity contribution is 6.03. The normalized spacial score (nSPS) is 15.1. The van der Waals surface area contributed by atoms with E-state index < -0.39 is 30.4 Å². The Morgan fingerprint density at radius 1 is 1.26 bits per heavy atom. The SMILES string of the molecule is O=C(Nc1cnc(F)cc1OC(F)C(F)F)c1ccnc(NC2CCC2)n1. The molecule has 1 fully saturated rings. The summed E-state index contributed by atoms with van der Waals surface area (Å²) in [6, 6.07) is 2.17. The highest BCUT2D eigenvalue weighted by Crippen LogP contribution is 2.27. The molecule has 1 saturated carbocycles. The lowest BCUT2D eigenvalue weighted by Gasteiger charge is -2.26. The Kier molecular flexibility index (Phi) is 5.67. The molecule has 0 radical (unpaired) electrons. The molecule has 7 nitrogen and oxygen atoms in total. The number of nitrogens with one attached hydrogen (secondary N) is 2. The fourth-order valence-corrected chi connectivity index (χ4v) is 2.25. The highest BCUT2D eigenvalue weighted by Gasteiger charge is 2.24. The summed E-state index contributed by atoms with van der Waals surface area (Å²) in [6.07, 6.45) is -1.15. The third-order valence-electron chi connectivity index (χ3n) is 3.85. The Bertz CT molecular complexity index is 819. The van der Waals surface area contributed by atoms with Gasteiger partial charge in [0.25, 0.3) is 12.3 Å². The number of aromatic nitrogens is 3. The molecular formula is C16H15F4N5O2. The number of carbonyl (C=O) groups is 1. The molecular weight excluding hydrogens is 370 g/mol. The fourth-order valence-electron chi connectivity index (χ4n) is 2.25. The highest BCUT2D eigenvalue weighted by atomic mass is 19.3. The van der Waals surface area contributed by atoms with Crippen LogP contribution in [0.3, 0.4) is 0 Å². The van der Waals surface area contributed by atoms with Gasteiger partial charge < -0.3 is 15.4 Å². The van der Waals surface area contributed by atoms with Gasteiger partial charge in [-0.3, -0.25) is 4.79 Å². The maximum absolute atomic E-state index is 13.2. The zero-order chi connectivity index (χ0) is 19.4. The third-order valence-corrected chi connectivity index (χ3v) is 3.85. The Morgan fingerprint density at radius 2 is 2.04 bits per heavy atom. The van der Waals surface area contributed by atoms with Gasteiger partial charge in [0.1, 0.15) is 11.4 Å². The maximum atomic E-state index is 13.2. The van der Waals surface area contributed by atoms with E-state index in [0.717, 1.165) is 25.5 Å². The molecule has 1 amide bonds. The summed E-state index contributed by atoms with van der Waals surface area (Å²) in [5, 5.41) is 5.36. The van der Waals surface area contributed by atoms with Gasteiger partial charge in [-0.2, -0.15) is 8.78 Å². The van der Waals surface area contributed by atoms with Crippen molar-refractivity contribution >= 4 is 17.5 Å². The van der Waals surface area contributed by atoms with E-state index in [1.807, 2.05) is 0 Å². The molecule has 2 heterocycles. The average molecular weight is 385 g/mol. The van der Waals surface area contributed by atoms with Crippen LogP contribution in [0.1, 0.15) is 29.8 Å². The van der Waals surface area contributed by atoms with E-state index in [2.05, 4.69) is 30.3 Å². The molecule has 27 heavy (non-hydrogen) atoms. The lowest BCUT2D eigenvalue weighted by Crippen LogP contribution is -2.28. The predicted octanol–water partition coefficient (Wildman–Crippen LogP) is 3.17. The second-order valence-electron chi connectivity index (χ2n) is 5.80. The third kappa shape index (κ3) is 4.80. The zero-order valence-electron chi connectivity index (χ0n) is 13.8. The van der Waals surface area contributed by atoms with Crippen molar-refractivity contribution in [3.05, 3.63) is 36.2 Å². The second-order valence-corrected chi connectivity index (χ2v) is 5.80. The number of rotatable bonds is 7. The van der Waals surface area contributed by atoms with E-state index in [0.29, 0.717) is 6.07 Å². The van der Waals surface area contributed by atoms with Gasteiger partial charge in [-0.05, 0) is 25.3 Å². The topological polar surface area (TPSA) is 89.0 Å². The molecule has 0 aliphatic heterocycles. The molecule has 2 aromatic heterocycles. The van der Waals surface area contributed by atoms with Crippen LogP contribution in [0, 0.1) is 5.95 Å². The van der Waals surface area contributed by atoms with Crippen LogP contribution in [0.25, 0.3) is 0 Å². The molecule has 144 valence electrons. The molecule has 1 atom stereocenters. The molecule has 0 bridgehead atoms. The van der Waals surface area contributed by atoms with Crippen molar-refractivity contribution in [1.29, 1.82) is 0 Å². The van der Waals surface area contributed by atoms with Crippen LogP contribution in [0.4, 0.5) is 29.2 Å². The number of pyridine rings is 1. The summed E-state index contributed by atoms with van der Waals surface area (Å²) in [6.45, 7) is 0. The van der Waals surface area contributed by atoms with Gasteiger partial charge in [0.2, 0.25) is 11.9 Å². The first kappa shape index (κ1) is 18.8. The Morgan fingerprint density at radius 3 is 2.70 bits per heavy atom. The number of anilines is 2. The summed E-state index contributed by atoms with van der Waals surface area (Å²) < 4.78 is 55.4. The number of hydrogen-bond acceptors (Lipinski definition) is 6. The molecule has 2 N–H and O–H groups in total. The molecule has 11 heteroatoms. The van der Waals surface area contributed by atoms with E-state index in [9.17, 15) is 22.4 Å². The van der Waals surface area contributed by atoms with E-state index in [-0.39, 0.29) is 23.4 Å². The first-order valence-electron chi connectivity index (χ1n) is 8.07. The van der Waals surface area contributed by atoms with E-state index in [1.54, 1.807) is 0 Å². The van der Waals surface area contributed by atoms with Crippen LogP contribution < -0.4 is 15.4 Å². The van der Waals surface area contributed by atoms with Gasteiger partial charge in [-0.15, -0.1) is 0 Å². The summed E-state index contributed by atoms with van der Waals surface area (Å²) in [5.74, 6) is -2.19. The van der Waals surface area contributed by atoms with E-state index in [4.69, 9.17) is 0 Å². The van der Waals surface area contributed by atoms with Crippen molar-refractivity contribution in [3.63, 3.8) is 0 Å². The molecule has 1 aliphatic carbocycles. The van der Waals surface area contributed by atoms with Crippen LogP contribution in [-0.2, 0) is 0 Å². The second kappa shape index (κ2) is 8.14. The lowest BCUT2D eigenvalue weighted by atomic mass is 9.93. The molecule has 0 aromatic carbocycles. The van der Waals surface area contributed by atoms with Crippen molar-refractivity contribution in [3.8, 4) is 5.75 Å². The first-order valence-corrected chi connectivity index (χ1v) is 8.07. The molecule has 0 saturated heterocycles. The number of carbonyl (C=O) groups excluding carboxylic acids is 1. The van der Waals surface area contributed by atoms with Gasteiger partial charge in [0.15, 0.2) is 5.75 Å². The van der Waals surface area contributed by atoms with Gasteiger partial charge in [0.05, 0.1) is 6.20 Å². The van der Waals surface area contributed by atoms with Crippen LogP contribution in [0.2, 0.25) is 0 Å². The van der Waals surface area contributed by atoms with E-state index in [1.165, 1.54) is 12.3 Å². The number of ether oxygens (including phenoxy) is 1. The smallest absolute Gasteiger partial charge is 0.304 e. The van der Waals surface area contributed by atoms with Crippen molar-refractivity contribution < 1.29 is 27.1 Å². The average Bonchev–Trinajstić information content (AvgIpc) is 2.60. The van der Waals surface area contributed by atoms with Gasteiger partial charge in [0, 0.05) is 18.3 Å². The summed E-state index contributed by atoms with van der Waals surface area (Å²) in [4.78, 5) is 23.7. The molecule has 1 unspecified atom stereocenters. The van der Waals surface area contributed by atoms with Gasteiger partial charge in [-0.1, -0.05) is 0 Å². The molecule has 1 aliphatic rings. The Balaban J connectivity index is 1.74. The van der Waals surface area contributed by atoms with E-state index >= 15 is 0 Å². The minimum atomic E-state index is -3.44. The fraction of sp³-hybridized carbons (Fsp3) is 0.375. The van der Waals surface area contributed by atoms with Crippen molar-refractivity contribution in [2.75, 3.05) is 10.6 Å². The number of amides is 1. The number of alkyl halides is 3. The van der Waals surface area contributed by atoms with Crippen LogP contribution >= 0.6 is 0 Å². The van der Waals surface area contributed by atoms with Crippen LogP contribution in [0.15, 0.2) is 24.5 Å². The number of nitrogens with zero attached hydrogens (tertiary/aromatic N) is 3. The first-order chi connectivity index (χ1) is 12.9. The summed E-state index contributed by atoms with van der Waals surface area (Å²) in [7, 11) is 0. The number of hydrogen-bond donors (Lipinski definition) is 2. The van der Waals surface area contributed by atoms with Gasteiger partial charge >= 0.3 is 6.43 Å². The zero-order valence-corrected chi connectivity index (χ0v) is 13.8. The lowest BCUT2D eigenvalue weighted by molar-refractivity contribution is -0.0666. The standard InChI is InChI=1S/C16H15F4N5O2/c17-12-6-11(27-14(20)13(18)19)10(7-22-12)24-15(26)9-4-5-21-16(25-9)23-8-2-1-3-8/h4-8,13-14H,1-3H2,(H,24,26)(H,21,23,25). The molecule has 0 spiro atoms. The summed E-state index contributed by atoms with van der Waals surface area (Å²) >= 11 is 0. The Hall–Kier alpha value is -2.98. The molecule has 3 rings (SSSR count). The minimum absolute atomic E-state index is 0.0345. The van der Waals surface area contributed by atoms with Crippen molar-refractivity contribution in [2.45, 2.75) is 38.1 Å². The predicted molar refractivity (Wildman–Crippen MR) is 87.0 cm³/mol. The van der Waals surface area contributed by atoms with Crippen molar-refractivity contribution in [1.82, 2.24) is 15.0 Å². The van der Waals surface area contributed by atoms with Crippen LogP contribution in [-0.4, -0.2) is 39.7 Å². The van der Waals surface area contributed by atoms with Crippen molar-refractivity contribution in [2.24, 2.45) is 0 Å².